The number of nitrogens with zero attached hydrogens (tertiary/aromatic N) is 2. The van der Waals surface area contributed by atoms with Gasteiger partial charge in [0.2, 0.25) is 0 Å². The number of hydrogen-bond donors (Lipinski definition) is 1. The number of piperidine rings is 1. The molecule has 2 unspecified atom stereocenters. The molecule has 2 atom stereocenters. The lowest BCUT2D eigenvalue weighted by Crippen LogP contribution is -2.46. The van der Waals surface area contributed by atoms with Gasteiger partial charge in [0.1, 0.15) is 5.75 Å². The molecule has 0 radical (unpaired) electrons. The van der Waals surface area contributed by atoms with Crippen molar-refractivity contribution in [3.8, 4) is 5.75 Å². The predicted molar refractivity (Wildman–Crippen MR) is 81.9 cm³/mol. The second-order valence-electron chi connectivity index (χ2n) is 5.90. The van der Waals surface area contributed by atoms with E-state index >= 15 is 0 Å². The van der Waals surface area contributed by atoms with Crippen LogP contribution in [0.4, 0.5) is 0 Å². The first-order valence-electron chi connectivity index (χ1n) is 7.53. The molecule has 0 saturated carbocycles. The zero-order valence-corrected chi connectivity index (χ0v) is 13.1. The van der Waals surface area contributed by atoms with E-state index in [2.05, 4.69) is 23.7 Å². The van der Waals surface area contributed by atoms with Crippen LogP contribution in [0.25, 0.3) is 0 Å². The van der Waals surface area contributed by atoms with E-state index in [0.29, 0.717) is 12.0 Å². The van der Waals surface area contributed by atoms with Crippen LogP contribution in [-0.2, 0) is 6.54 Å². The minimum atomic E-state index is 0.359. The molecule has 20 heavy (non-hydrogen) atoms. The summed E-state index contributed by atoms with van der Waals surface area (Å²) in [5.74, 6) is 1.58. The maximum Gasteiger partial charge on any atom is 0.128 e. The summed E-state index contributed by atoms with van der Waals surface area (Å²) in [4.78, 5) is 7.07. The fourth-order valence-electron chi connectivity index (χ4n) is 3.14. The third-order valence-corrected chi connectivity index (χ3v) is 4.52. The Kier molecular flexibility index (Phi) is 5.00. The second kappa shape index (κ2) is 6.55. The summed E-state index contributed by atoms with van der Waals surface area (Å²) in [6, 6.07) is 0.359. The Labute approximate surface area is 122 Å². The Morgan fingerprint density at radius 1 is 1.45 bits per heavy atom. The molecular formula is C16H27N3O. The number of hydrogen-bond acceptors (Lipinski definition) is 4. The zero-order chi connectivity index (χ0) is 14.7. The summed E-state index contributed by atoms with van der Waals surface area (Å²) >= 11 is 0. The highest BCUT2D eigenvalue weighted by atomic mass is 16.5. The van der Waals surface area contributed by atoms with Gasteiger partial charge in [0.05, 0.1) is 12.8 Å². The summed E-state index contributed by atoms with van der Waals surface area (Å²) in [5, 5.41) is 0. The molecule has 2 N–H and O–H groups in total. The molecule has 1 aromatic heterocycles. The molecule has 2 rings (SSSR count). The standard InChI is InChI=1S/C16H27N3O/c1-5-13-9-19(7-6-14(13)17)10-15-12(3)16(20-4)11(2)8-18-15/h8,13-14H,5-7,9-10,17H2,1-4H3. The van der Waals surface area contributed by atoms with Gasteiger partial charge < -0.3 is 10.5 Å². The van der Waals surface area contributed by atoms with Crippen molar-refractivity contribution in [1.29, 1.82) is 0 Å². The first-order valence-corrected chi connectivity index (χ1v) is 7.53. The predicted octanol–water partition coefficient (Wildman–Crippen LogP) is 2.27. The van der Waals surface area contributed by atoms with E-state index < -0.39 is 0 Å². The highest BCUT2D eigenvalue weighted by molar-refractivity contribution is 5.41. The van der Waals surface area contributed by atoms with E-state index in [1.807, 2.05) is 13.1 Å². The lowest BCUT2D eigenvalue weighted by molar-refractivity contribution is 0.143. The van der Waals surface area contributed by atoms with Crippen molar-refractivity contribution < 1.29 is 4.74 Å². The van der Waals surface area contributed by atoms with Gasteiger partial charge in [0.15, 0.2) is 0 Å². The van der Waals surface area contributed by atoms with Crippen molar-refractivity contribution in [1.82, 2.24) is 9.88 Å². The molecule has 1 saturated heterocycles. The maximum atomic E-state index is 6.18. The largest absolute Gasteiger partial charge is 0.496 e. The fraction of sp³-hybridized carbons (Fsp3) is 0.688. The number of pyridine rings is 1. The number of aryl methyl sites for hydroxylation is 1. The van der Waals surface area contributed by atoms with Crippen LogP contribution in [0.5, 0.6) is 5.75 Å². The summed E-state index contributed by atoms with van der Waals surface area (Å²) in [7, 11) is 1.73. The lowest BCUT2D eigenvalue weighted by Gasteiger charge is -2.36. The number of aromatic nitrogens is 1. The molecule has 1 aliphatic heterocycles. The van der Waals surface area contributed by atoms with Crippen molar-refractivity contribution >= 4 is 0 Å². The van der Waals surface area contributed by atoms with Crippen LogP contribution < -0.4 is 10.5 Å². The van der Waals surface area contributed by atoms with Crippen molar-refractivity contribution in [2.24, 2.45) is 11.7 Å². The second-order valence-corrected chi connectivity index (χ2v) is 5.90. The lowest BCUT2D eigenvalue weighted by atomic mass is 9.90. The zero-order valence-electron chi connectivity index (χ0n) is 13.1. The molecule has 1 aliphatic rings. The van der Waals surface area contributed by atoms with Crippen molar-refractivity contribution in [3.05, 3.63) is 23.0 Å². The van der Waals surface area contributed by atoms with E-state index in [1.165, 1.54) is 0 Å². The average Bonchev–Trinajstić information content (AvgIpc) is 2.44. The number of methoxy groups -OCH3 is 1. The molecule has 0 aliphatic carbocycles. The van der Waals surface area contributed by atoms with Gasteiger partial charge in [-0.15, -0.1) is 0 Å². The molecule has 0 aromatic carbocycles. The summed E-state index contributed by atoms with van der Waals surface area (Å²) < 4.78 is 5.49. The van der Waals surface area contributed by atoms with Crippen LogP contribution in [0.2, 0.25) is 0 Å². The Morgan fingerprint density at radius 2 is 2.20 bits per heavy atom. The third-order valence-electron chi connectivity index (χ3n) is 4.52. The molecule has 0 amide bonds. The number of likely N-dealkylation sites (tertiary alicyclic amines) is 1. The molecule has 0 spiro atoms. The van der Waals surface area contributed by atoms with Gasteiger partial charge in [-0.05, 0) is 26.2 Å². The van der Waals surface area contributed by atoms with Crippen molar-refractivity contribution in [2.45, 2.75) is 46.2 Å². The van der Waals surface area contributed by atoms with E-state index in [4.69, 9.17) is 10.5 Å². The normalized spacial score (nSPS) is 23.9. The van der Waals surface area contributed by atoms with Crippen LogP contribution in [0.3, 0.4) is 0 Å². The highest BCUT2D eigenvalue weighted by Crippen LogP contribution is 2.26. The number of nitrogens with two attached hydrogens (primary N) is 1. The minimum absolute atomic E-state index is 0.359. The fourth-order valence-corrected chi connectivity index (χ4v) is 3.14. The average molecular weight is 277 g/mol. The molecule has 4 heteroatoms. The Hall–Kier alpha value is -1.13. The number of ether oxygens (including phenoxy) is 1. The Morgan fingerprint density at radius 3 is 2.85 bits per heavy atom. The SMILES string of the molecule is CCC1CN(Cc2ncc(C)c(OC)c2C)CCC1N. The minimum Gasteiger partial charge on any atom is -0.496 e. The van der Waals surface area contributed by atoms with Gasteiger partial charge in [-0.25, -0.2) is 0 Å². The van der Waals surface area contributed by atoms with Crippen LogP contribution in [-0.4, -0.2) is 36.1 Å². The van der Waals surface area contributed by atoms with E-state index in [1.54, 1.807) is 7.11 Å². The van der Waals surface area contributed by atoms with Gasteiger partial charge in [-0.2, -0.15) is 0 Å². The monoisotopic (exact) mass is 277 g/mol. The van der Waals surface area contributed by atoms with Crippen LogP contribution in [0.1, 0.15) is 36.6 Å². The van der Waals surface area contributed by atoms with Gasteiger partial charge in [0.25, 0.3) is 0 Å². The van der Waals surface area contributed by atoms with Gasteiger partial charge in [-0.3, -0.25) is 9.88 Å². The molecular weight excluding hydrogens is 250 g/mol. The summed E-state index contributed by atoms with van der Waals surface area (Å²) in [6.45, 7) is 9.40. The number of rotatable bonds is 4. The van der Waals surface area contributed by atoms with Crippen molar-refractivity contribution in [3.63, 3.8) is 0 Å². The summed E-state index contributed by atoms with van der Waals surface area (Å²) in [5.41, 5.74) is 9.56. The molecule has 2 heterocycles. The van der Waals surface area contributed by atoms with Gasteiger partial charge >= 0.3 is 0 Å². The molecule has 1 fully saturated rings. The molecule has 1 aromatic rings. The van der Waals surface area contributed by atoms with Crippen molar-refractivity contribution in [2.75, 3.05) is 20.2 Å². The topological polar surface area (TPSA) is 51.4 Å². The van der Waals surface area contributed by atoms with Gasteiger partial charge in [-0.1, -0.05) is 13.3 Å². The quantitative estimate of drug-likeness (QED) is 0.917. The van der Waals surface area contributed by atoms with Crippen LogP contribution in [0.15, 0.2) is 6.20 Å². The summed E-state index contributed by atoms with van der Waals surface area (Å²) in [6.07, 6.45) is 4.15. The third kappa shape index (κ3) is 3.13. The Bertz CT molecular complexity index is 461. The molecule has 0 bridgehead atoms. The van der Waals surface area contributed by atoms with E-state index in [9.17, 15) is 0 Å². The van der Waals surface area contributed by atoms with Crippen LogP contribution >= 0.6 is 0 Å². The smallest absolute Gasteiger partial charge is 0.128 e. The van der Waals surface area contributed by atoms with E-state index in [-0.39, 0.29) is 0 Å². The first kappa shape index (κ1) is 15.3. The molecule has 4 nitrogen and oxygen atoms in total. The Balaban J connectivity index is 2.11. The van der Waals surface area contributed by atoms with E-state index in [0.717, 1.165) is 55.0 Å². The maximum absolute atomic E-state index is 6.18. The highest BCUT2D eigenvalue weighted by Gasteiger charge is 2.26. The van der Waals surface area contributed by atoms with Crippen LogP contribution in [0, 0.1) is 19.8 Å². The molecule has 112 valence electrons. The van der Waals surface area contributed by atoms with Gasteiger partial charge in [0, 0.05) is 43.0 Å². The first-order chi connectivity index (χ1) is 9.56.